The highest BCUT2D eigenvalue weighted by Crippen LogP contribution is 2.42. The molecule has 1 aromatic carbocycles. The molecule has 0 radical (unpaired) electrons. The van der Waals surface area contributed by atoms with Crippen molar-refractivity contribution in [1.82, 2.24) is 4.90 Å². The molecule has 9 atom stereocenters. The van der Waals surface area contributed by atoms with Crippen LogP contribution in [0.1, 0.15) is 58.2 Å². The predicted octanol–water partition coefficient (Wildman–Crippen LogP) is 5.10. The van der Waals surface area contributed by atoms with Gasteiger partial charge in [-0.25, -0.2) is 0 Å². The van der Waals surface area contributed by atoms with Crippen LogP contribution in [-0.2, 0) is 35.0 Å². The fourth-order valence-electron chi connectivity index (χ4n) is 6.84. The molecule has 40 heavy (non-hydrogen) atoms. The van der Waals surface area contributed by atoms with Gasteiger partial charge in [-0.3, -0.25) is 0 Å². The standard InChI is InChI=1S/C16H23NO3.C16H27NO3/c1-9-6-10(2)12-8-17(13(12)7-9)16-15(19-5)14(18-4)11(3)20-16;1-9-8-10(2)17(12(4)11(9)3)16-15(19-7)14(18-6)13(5)20-16/h6-7,11,14-16H,8H2,1-5H3;8,10,13-16H,1-7H3/t11-,14?,15?,16-;10?,13-,14?,15?,16-/m00/s1. The summed E-state index contributed by atoms with van der Waals surface area (Å²) in [6.07, 6.45) is 2.02. The highest BCUT2D eigenvalue weighted by atomic mass is 16.6. The van der Waals surface area contributed by atoms with E-state index in [1.165, 1.54) is 39.2 Å². The lowest BCUT2D eigenvalue weighted by Gasteiger charge is -2.43. The monoisotopic (exact) mass is 558 g/mol. The van der Waals surface area contributed by atoms with E-state index in [1.807, 2.05) is 13.8 Å². The van der Waals surface area contributed by atoms with Crippen molar-refractivity contribution in [1.29, 1.82) is 0 Å². The van der Waals surface area contributed by atoms with Crippen molar-refractivity contribution in [2.75, 3.05) is 33.3 Å². The van der Waals surface area contributed by atoms with E-state index in [4.69, 9.17) is 28.4 Å². The lowest BCUT2D eigenvalue weighted by Crippen LogP contribution is -2.49. The number of rotatable bonds is 6. The van der Waals surface area contributed by atoms with Crippen LogP contribution in [-0.4, -0.2) is 88.5 Å². The van der Waals surface area contributed by atoms with Crippen molar-refractivity contribution in [2.24, 2.45) is 0 Å². The largest absolute Gasteiger partial charge is 0.376 e. The molecule has 0 amide bonds. The average Bonchev–Trinajstić information content (AvgIpc) is 3.39. The second kappa shape index (κ2) is 12.5. The van der Waals surface area contributed by atoms with Gasteiger partial charge in [-0.15, -0.1) is 0 Å². The molecule has 8 heteroatoms. The van der Waals surface area contributed by atoms with Gasteiger partial charge in [-0.1, -0.05) is 12.1 Å². The van der Waals surface area contributed by atoms with Crippen LogP contribution in [0.5, 0.6) is 0 Å². The third-order valence-electron chi connectivity index (χ3n) is 9.20. The summed E-state index contributed by atoms with van der Waals surface area (Å²) in [6, 6.07) is 4.76. The summed E-state index contributed by atoms with van der Waals surface area (Å²) in [6.45, 7) is 18.0. The third-order valence-corrected chi connectivity index (χ3v) is 9.20. The summed E-state index contributed by atoms with van der Waals surface area (Å²) in [4.78, 5) is 4.60. The Morgan fingerprint density at radius 3 is 1.80 bits per heavy atom. The Morgan fingerprint density at radius 2 is 1.25 bits per heavy atom. The summed E-state index contributed by atoms with van der Waals surface area (Å²) in [7, 11) is 6.90. The average molecular weight is 559 g/mol. The van der Waals surface area contributed by atoms with E-state index in [9.17, 15) is 0 Å². The van der Waals surface area contributed by atoms with Gasteiger partial charge < -0.3 is 38.2 Å². The van der Waals surface area contributed by atoms with E-state index in [1.54, 1.807) is 28.4 Å². The minimum Gasteiger partial charge on any atom is -0.376 e. The molecule has 5 rings (SSSR count). The van der Waals surface area contributed by atoms with Crippen molar-refractivity contribution >= 4 is 5.69 Å². The first kappa shape index (κ1) is 31.0. The Hall–Kier alpha value is -1.94. The number of nitrogens with zero attached hydrogens (tertiary/aromatic N) is 2. The fourth-order valence-corrected chi connectivity index (χ4v) is 6.84. The van der Waals surface area contributed by atoms with Crippen LogP contribution in [0, 0.1) is 13.8 Å². The number of hydrogen-bond donors (Lipinski definition) is 0. The zero-order chi connectivity index (χ0) is 29.5. The number of allylic oxidation sites excluding steroid dienone is 3. The van der Waals surface area contributed by atoms with Crippen LogP contribution in [0.25, 0.3) is 0 Å². The molecule has 8 nitrogen and oxygen atoms in total. The summed E-state index contributed by atoms with van der Waals surface area (Å²) in [5.41, 5.74) is 9.26. The molecule has 4 aliphatic rings. The molecular weight excluding hydrogens is 508 g/mol. The zero-order valence-corrected chi connectivity index (χ0v) is 26.5. The number of ether oxygens (including phenoxy) is 6. The molecule has 4 heterocycles. The molecule has 4 aliphatic heterocycles. The lowest BCUT2D eigenvalue weighted by molar-refractivity contribution is -0.0919. The summed E-state index contributed by atoms with van der Waals surface area (Å²) < 4.78 is 34.6. The topological polar surface area (TPSA) is 61.9 Å². The normalized spacial score (nSPS) is 35.3. The van der Waals surface area contributed by atoms with Crippen LogP contribution in [0.15, 0.2) is 35.1 Å². The summed E-state index contributed by atoms with van der Waals surface area (Å²) >= 11 is 0. The van der Waals surface area contributed by atoms with Crippen LogP contribution in [0.2, 0.25) is 0 Å². The maximum atomic E-state index is 6.14. The van der Waals surface area contributed by atoms with Gasteiger partial charge >= 0.3 is 0 Å². The zero-order valence-electron chi connectivity index (χ0n) is 26.5. The molecule has 0 bridgehead atoms. The minimum atomic E-state index is -0.103. The molecule has 2 fully saturated rings. The number of aryl methyl sites for hydroxylation is 2. The van der Waals surface area contributed by atoms with Crippen molar-refractivity contribution in [2.45, 2.75) is 117 Å². The maximum absolute atomic E-state index is 6.14. The highest BCUT2D eigenvalue weighted by Gasteiger charge is 2.49. The van der Waals surface area contributed by atoms with E-state index in [2.05, 4.69) is 69.6 Å². The lowest BCUT2D eigenvalue weighted by atomic mass is 9.94. The second-order valence-corrected chi connectivity index (χ2v) is 11.7. The van der Waals surface area contributed by atoms with Gasteiger partial charge in [0.25, 0.3) is 0 Å². The Labute approximate surface area is 241 Å². The Morgan fingerprint density at radius 1 is 0.725 bits per heavy atom. The van der Waals surface area contributed by atoms with Crippen LogP contribution in [0.3, 0.4) is 0 Å². The number of fused-ring (bicyclic) bond motifs is 1. The third kappa shape index (κ3) is 5.46. The Balaban J connectivity index is 0.000000185. The van der Waals surface area contributed by atoms with Crippen LogP contribution in [0.4, 0.5) is 5.69 Å². The van der Waals surface area contributed by atoms with E-state index in [0.29, 0.717) is 6.04 Å². The van der Waals surface area contributed by atoms with Gasteiger partial charge in [0.15, 0.2) is 12.5 Å². The summed E-state index contributed by atoms with van der Waals surface area (Å²) in [5, 5.41) is 0. The number of benzene rings is 1. The van der Waals surface area contributed by atoms with Gasteiger partial charge in [0, 0.05) is 52.4 Å². The Kier molecular flexibility index (Phi) is 9.70. The van der Waals surface area contributed by atoms with Crippen molar-refractivity contribution in [3.63, 3.8) is 0 Å². The van der Waals surface area contributed by atoms with Gasteiger partial charge in [0.2, 0.25) is 0 Å². The quantitative estimate of drug-likeness (QED) is 0.478. The first-order valence-electron chi connectivity index (χ1n) is 14.4. The first-order chi connectivity index (χ1) is 19.0. The molecule has 0 aliphatic carbocycles. The van der Waals surface area contributed by atoms with E-state index in [0.717, 1.165) is 6.54 Å². The SMILES string of the molecule is COC1C(OC)[C@@H](N2C(C)=C(C)C(C)=CC2C)O[C@H]1C.COC1C(OC)[C@@H](N2Cc3c(C)cc(C)cc32)O[C@H]1C. The van der Waals surface area contributed by atoms with E-state index < -0.39 is 0 Å². The first-order valence-corrected chi connectivity index (χ1v) is 14.4. The van der Waals surface area contributed by atoms with Gasteiger partial charge in [-0.2, -0.15) is 0 Å². The van der Waals surface area contributed by atoms with Crippen LogP contribution >= 0.6 is 0 Å². The molecule has 0 aromatic heterocycles. The molecule has 1 aromatic rings. The predicted molar refractivity (Wildman–Crippen MR) is 157 cm³/mol. The number of anilines is 1. The summed E-state index contributed by atoms with van der Waals surface area (Å²) in [5.74, 6) is 0. The second-order valence-electron chi connectivity index (χ2n) is 11.7. The molecule has 2 saturated heterocycles. The van der Waals surface area contributed by atoms with Gasteiger partial charge in [-0.05, 0) is 89.3 Å². The smallest absolute Gasteiger partial charge is 0.160 e. The van der Waals surface area contributed by atoms with Gasteiger partial charge in [0.05, 0.1) is 12.2 Å². The van der Waals surface area contributed by atoms with Gasteiger partial charge in [0.1, 0.15) is 24.4 Å². The van der Waals surface area contributed by atoms with Crippen molar-refractivity contribution in [3.8, 4) is 0 Å². The minimum absolute atomic E-state index is 0.0139. The Bertz CT molecular complexity index is 1120. The van der Waals surface area contributed by atoms with E-state index in [-0.39, 0.29) is 49.1 Å². The molecular formula is C32H50N2O6. The number of hydrogen-bond acceptors (Lipinski definition) is 8. The number of methoxy groups -OCH3 is 4. The molecule has 0 N–H and O–H groups in total. The van der Waals surface area contributed by atoms with Crippen molar-refractivity contribution < 1.29 is 28.4 Å². The molecule has 0 spiro atoms. The molecule has 0 saturated carbocycles. The van der Waals surface area contributed by atoms with Crippen molar-refractivity contribution in [3.05, 3.63) is 51.7 Å². The molecule has 224 valence electrons. The highest BCUT2D eigenvalue weighted by molar-refractivity contribution is 5.67. The maximum Gasteiger partial charge on any atom is 0.160 e. The fraction of sp³-hybridized carbons (Fsp3) is 0.688. The van der Waals surface area contributed by atoms with Crippen LogP contribution < -0.4 is 4.90 Å². The molecule has 5 unspecified atom stereocenters. The van der Waals surface area contributed by atoms with E-state index >= 15 is 0 Å².